The average molecular weight is 337 g/mol. The van der Waals surface area contributed by atoms with E-state index in [1.807, 2.05) is 12.1 Å². The second kappa shape index (κ2) is 6.89. The van der Waals surface area contributed by atoms with Gasteiger partial charge >= 0.3 is 0 Å². The second-order valence-electron chi connectivity index (χ2n) is 6.80. The van der Waals surface area contributed by atoms with Gasteiger partial charge in [0.05, 0.1) is 6.10 Å². The average Bonchev–Trinajstić information content (AvgIpc) is 3.08. The zero-order valence-corrected chi connectivity index (χ0v) is 14.2. The summed E-state index contributed by atoms with van der Waals surface area (Å²) < 4.78 is 6.36. The van der Waals surface area contributed by atoms with Crippen molar-refractivity contribution in [3.63, 3.8) is 0 Å². The summed E-state index contributed by atoms with van der Waals surface area (Å²) >= 11 is 0. The molecule has 0 aromatic heterocycles. The first kappa shape index (κ1) is 16.2. The van der Waals surface area contributed by atoms with Crippen LogP contribution in [0.3, 0.4) is 0 Å². The third-order valence-electron chi connectivity index (χ3n) is 5.38. The fourth-order valence-corrected chi connectivity index (χ4v) is 4.26. The molecule has 4 heteroatoms. The van der Waals surface area contributed by atoms with Crippen LogP contribution in [0.1, 0.15) is 43.2 Å². The molecule has 4 nitrogen and oxygen atoms in total. The van der Waals surface area contributed by atoms with Gasteiger partial charge in [-0.1, -0.05) is 60.7 Å². The Morgan fingerprint density at radius 2 is 1.60 bits per heavy atom. The van der Waals surface area contributed by atoms with Crippen molar-refractivity contribution in [3.8, 4) is 0 Å². The molecular formula is C21H23NO3. The standard InChI is InChI=1S/C21H23NO3/c23-22-16-8-14-20(25-22)24-19-13-7-15-21(19,17-9-3-1-4-10-17)18-11-5-2-6-12-18/h1-6,9-12,16,19-20H,7-8,13-15H2/t19-,20+/m0/s1. The zero-order chi connectivity index (χ0) is 17.1. The van der Waals surface area contributed by atoms with Gasteiger partial charge in [-0.05, 0) is 36.8 Å². The fraction of sp³-hybridized carbons (Fsp3) is 0.381. The second-order valence-corrected chi connectivity index (χ2v) is 6.80. The van der Waals surface area contributed by atoms with Gasteiger partial charge in [0.15, 0.2) is 6.29 Å². The molecule has 1 aliphatic heterocycles. The molecule has 2 aliphatic rings. The molecule has 4 rings (SSSR count). The predicted molar refractivity (Wildman–Crippen MR) is 96.2 cm³/mol. The quantitative estimate of drug-likeness (QED) is 0.786. The molecule has 2 aromatic carbocycles. The van der Waals surface area contributed by atoms with E-state index in [0.29, 0.717) is 11.3 Å². The molecule has 130 valence electrons. The number of benzene rings is 2. The number of hydrogen-bond donors (Lipinski definition) is 0. The maximum Gasteiger partial charge on any atom is 0.210 e. The topological polar surface area (TPSA) is 44.5 Å². The summed E-state index contributed by atoms with van der Waals surface area (Å²) in [5.74, 6) is 0. The van der Waals surface area contributed by atoms with Crippen molar-refractivity contribution in [3.05, 3.63) is 77.0 Å². The highest BCUT2D eigenvalue weighted by Gasteiger charge is 2.47. The molecule has 1 saturated carbocycles. The predicted octanol–water partition coefficient (Wildman–Crippen LogP) is 4.17. The lowest BCUT2D eigenvalue weighted by atomic mass is 9.71. The van der Waals surface area contributed by atoms with E-state index in [-0.39, 0.29) is 11.5 Å². The lowest BCUT2D eigenvalue weighted by Gasteiger charge is -2.39. The molecule has 25 heavy (non-hydrogen) atoms. The lowest BCUT2D eigenvalue weighted by molar-refractivity contribution is -0.768. The van der Waals surface area contributed by atoms with Gasteiger partial charge in [0.1, 0.15) is 0 Å². The molecule has 2 atom stereocenters. The number of ether oxygens (including phenoxy) is 1. The van der Waals surface area contributed by atoms with Gasteiger partial charge in [-0.2, -0.15) is 0 Å². The van der Waals surface area contributed by atoms with Crippen molar-refractivity contribution in [1.29, 1.82) is 0 Å². The minimum atomic E-state index is -0.475. The van der Waals surface area contributed by atoms with Gasteiger partial charge in [-0.25, -0.2) is 0 Å². The van der Waals surface area contributed by atoms with Crippen molar-refractivity contribution >= 4 is 6.21 Å². The van der Waals surface area contributed by atoms with E-state index >= 15 is 0 Å². The van der Waals surface area contributed by atoms with Crippen LogP contribution in [0.15, 0.2) is 60.7 Å². The van der Waals surface area contributed by atoms with Gasteiger partial charge in [-0.15, -0.1) is 0 Å². The van der Waals surface area contributed by atoms with Crippen LogP contribution in [0, 0.1) is 5.21 Å². The van der Waals surface area contributed by atoms with Gasteiger partial charge in [0, 0.05) is 16.7 Å². The Bertz CT molecular complexity index is 690. The third kappa shape index (κ3) is 3.02. The van der Waals surface area contributed by atoms with Crippen molar-refractivity contribution in [1.82, 2.24) is 0 Å². The Labute approximate surface area is 148 Å². The first-order chi connectivity index (χ1) is 12.3. The van der Waals surface area contributed by atoms with Gasteiger partial charge in [-0.3, -0.25) is 5.21 Å². The molecule has 2 aromatic rings. The van der Waals surface area contributed by atoms with E-state index in [1.165, 1.54) is 17.3 Å². The van der Waals surface area contributed by atoms with Crippen LogP contribution >= 0.6 is 0 Å². The fourth-order valence-electron chi connectivity index (χ4n) is 4.26. The highest BCUT2D eigenvalue weighted by Crippen LogP contribution is 2.48. The third-order valence-corrected chi connectivity index (χ3v) is 5.38. The van der Waals surface area contributed by atoms with Crippen molar-refractivity contribution in [2.75, 3.05) is 0 Å². The minimum Gasteiger partial charge on any atom is -0.372 e. The van der Waals surface area contributed by atoms with Gasteiger partial charge in [0.2, 0.25) is 6.21 Å². The Hall–Kier alpha value is -2.33. The maximum absolute atomic E-state index is 11.5. The summed E-state index contributed by atoms with van der Waals surface area (Å²) in [6, 6.07) is 21.2. The normalized spacial score (nSPS) is 25.2. The SMILES string of the molecule is [O-][N+]1=CCC[C@H](O[C@H]2CCCC2(c2ccccc2)c2ccccc2)O1. The number of nitrogens with zero attached hydrogens (tertiary/aromatic N) is 1. The van der Waals surface area contributed by atoms with Crippen molar-refractivity contribution < 1.29 is 14.5 Å². The van der Waals surface area contributed by atoms with Crippen LogP contribution in [-0.2, 0) is 15.0 Å². The van der Waals surface area contributed by atoms with Gasteiger partial charge < -0.3 is 9.57 Å². The summed E-state index contributed by atoms with van der Waals surface area (Å²) in [4.78, 5) is 5.85. The van der Waals surface area contributed by atoms with Crippen LogP contribution in [0.4, 0.5) is 0 Å². The Morgan fingerprint density at radius 1 is 0.960 bits per heavy atom. The van der Waals surface area contributed by atoms with E-state index in [2.05, 4.69) is 48.5 Å². The number of rotatable bonds is 4. The summed E-state index contributed by atoms with van der Waals surface area (Å²) in [5, 5.41) is 11.5. The van der Waals surface area contributed by atoms with Crippen LogP contribution in [0.25, 0.3) is 0 Å². The Kier molecular flexibility index (Phi) is 4.45. The maximum atomic E-state index is 11.5. The molecule has 0 spiro atoms. The van der Waals surface area contributed by atoms with Crippen LogP contribution in [0.5, 0.6) is 0 Å². The minimum absolute atomic E-state index is 0.00574. The summed E-state index contributed by atoms with van der Waals surface area (Å²) in [6.45, 7) is 0. The van der Waals surface area contributed by atoms with Crippen molar-refractivity contribution in [2.24, 2.45) is 0 Å². The van der Waals surface area contributed by atoms with E-state index in [9.17, 15) is 5.21 Å². The first-order valence-electron chi connectivity index (χ1n) is 9.02. The van der Waals surface area contributed by atoms with Crippen LogP contribution < -0.4 is 0 Å². The van der Waals surface area contributed by atoms with E-state index < -0.39 is 6.29 Å². The molecule has 0 amide bonds. The molecule has 0 bridgehead atoms. The summed E-state index contributed by atoms with van der Waals surface area (Å²) in [6.07, 6.45) is 5.52. The van der Waals surface area contributed by atoms with Crippen molar-refractivity contribution in [2.45, 2.75) is 49.9 Å². The zero-order valence-electron chi connectivity index (χ0n) is 14.2. The molecule has 1 aliphatic carbocycles. The molecule has 0 radical (unpaired) electrons. The number of hydrogen-bond acceptors (Lipinski definition) is 3. The molecule has 1 fully saturated rings. The van der Waals surface area contributed by atoms with Gasteiger partial charge in [0.25, 0.3) is 0 Å². The lowest BCUT2D eigenvalue weighted by Crippen LogP contribution is -2.42. The molecule has 0 unspecified atom stereocenters. The van der Waals surface area contributed by atoms with E-state index in [1.54, 1.807) is 0 Å². The molecule has 0 saturated heterocycles. The summed E-state index contributed by atoms with van der Waals surface area (Å²) in [5.41, 5.74) is 2.34. The monoisotopic (exact) mass is 337 g/mol. The summed E-state index contributed by atoms with van der Waals surface area (Å²) in [7, 11) is 0. The first-order valence-corrected chi connectivity index (χ1v) is 9.02. The smallest absolute Gasteiger partial charge is 0.210 e. The largest absolute Gasteiger partial charge is 0.372 e. The highest BCUT2D eigenvalue weighted by atomic mass is 16.9. The van der Waals surface area contributed by atoms with E-state index in [0.717, 1.165) is 25.7 Å². The highest BCUT2D eigenvalue weighted by molar-refractivity contribution is 5.51. The van der Waals surface area contributed by atoms with Crippen LogP contribution in [-0.4, -0.2) is 23.5 Å². The molecular weight excluding hydrogens is 314 g/mol. The Morgan fingerprint density at radius 3 is 2.20 bits per heavy atom. The van der Waals surface area contributed by atoms with E-state index in [4.69, 9.17) is 9.57 Å². The molecule has 0 N–H and O–H groups in total. The Balaban J connectivity index is 1.71. The van der Waals surface area contributed by atoms with Crippen LogP contribution in [0.2, 0.25) is 0 Å². The molecule has 1 heterocycles.